The number of hydrogen-bond donors (Lipinski definition) is 1. The van der Waals surface area contributed by atoms with Gasteiger partial charge in [0.05, 0.1) is 23.7 Å². The zero-order valence-corrected chi connectivity index (χ0v) is 18.8. The van der Waals surface area contributed by atoms with Gasteiger partial charge in [-0.1, -0.05) is 42.1 Å². The van der Waals surface area contributed by atoms with Crippen molar-refractivity contribution in [3.63, 3.8) is 0 Å². The van der Waals surface area contributed by atoms with Gasteiger partial charge in [-0.25, -0.2) is 0 Å². The molecule has 1 N–H and O–H groups in total. The molecule has 0 bridgehead atoms. The number of hydrogen-bond acceptors (Lipinski definition) is 6. The summed E-state index contributed by atoms with van der Waals surface area (Å²) < 4.78 is 7.31. The lowest BCUT2D eigenvalue weighted by Gasteiger charge is -2.16. The lowest BCUT2D eigenvalue weighted by Crippen LogP contribution is -2.23. The molecule has 0 saturated heterocycles. The highest BCUT2D eigenvalue weighted by Gasteiger charge is 2.23. The molecule has 2 aromatic heterocycles. The van der Waals surface area contributed by atoms with Crippen LogP contribution >= 0.6 is 11.8 Å². The maximum atomic E-state index is 12.9. The van der Waals surface area contributed by atoms with Crippen molar-refractivity contribution in [3.8, 4) is 22.8 Å². The Morgan fingerprint density at radius 2 is 1.84 bits per heavy atom. The van der Waals surface area contributed by atoms with E-state index in [1.54, 1.807) is 19.5 Å². The molecule has 1 unspecified atom stereocenters. The number of aromatic nitrogens is 4. The number of rotatable bonds is 7. The zero-order valence-electron chi connectivity index (χ0n) is 18.0. The van der Waals surface area contributed by atoms with Crippen molar-refractivity contribution in [2.24, 2.45) is 0 Å². The quantitative estimate of drug-likeness (QED) is 0.413. The van der Waals surface area contributed by atoms with Crippen LogP contribution in [0.15, 0.2) is 78.2 Å². The molecule has 7 nitrogen and oxygen atoms in total. The molecule has 0 radical (unpaired) electrons. The summed E-state index contributed by atoms with van der Waals surface area (Å²) in [6, 6.07) is 19.1. The van der Waals surface area contributed by atoms with Gasteiger partial charge in [0.1, 0.15) is 5.75 Å². The predicted molar refractivity (Wildman–Crippen MR) is 126 cm³/mol. The SMILES string of the molecule is COc1ccccc1NC(=O)C(C)Sc1nnc(-c2cccnc2)n1-c1ccccc1C. The highest BCUT2D eigenvalue weighted by atomic mass is 32.2. The van der Waals surface area contributed by atoms with E-state index in [2.05, 4.69) is 20.5 Å². The van der Waals surface area contributed by atoms with Crippen LogP contribution < -0.4 is 10.1 Å². The molecule has 0 spiro atoms. The molecule has 2 aromatic carbocycles. The molecule has 0 aliphatic heterocycles. The number of thioether (sulfide) groups is 1. The number of methoxy groups -OCH3 is 1. The minimum absolute atomic E-state index is 0.151. The maximum absolute atomic E-state index is 12.9. The van der Waals surface area contributed by atoms with Crippen LogP contribution in [-0.2, 0) is 4.79 Å². The molecule has 2 heterocycles. The van der Waals surface area contributed by atoms with E-state index in [1.807, 2.05) is 79.1 Å². The third-order valence-corrected chi connectivity index (χ3v) is 5.97. The Morgan fingerprint density at radius 3 is 2.59 bits per heavy atom. The number of pyridine rings is 1. The van der Waals surface area contributed by atoms with Gasteiger partial charge in [0, 0.05) is 18.0 Å². The van der Waals surface area contributed by atoms with E-state index in [0.717, 1.165) is 16.8 Å². The Balaban J connectivity index is 1.66. The molecule has 0 fully saturated rings. The van der Waals surface area contributed by atoms with E-state index < -0.39 is 5.25 Å². The number of para-hydroxylation sites is 3. The molecule has 4 rings (SSSR count). The lowest BCUT2D eigenvalue weighted by molar-refractivity contribution is -0.115. The summed E-state index contributed by atoms with van der Waals surface area (Å²) in [5, 5.41) is 12.0. The largest absolute Gasteiger partial charge is 0.495 e. The molecule has 0 saturated carbocycles. The summed E-state index contributed by atoms with van der Waals surface area (Å²) >= 11 is 1.35. The van der Waals surface area contributed by atoms with Crippen molar-refractivity contribution in [1.29, 1.82) is 0 Å². The van der Waals surface area contributed by atoms with E-state index in [9.17, 15) is 4.79 Å². The fourth-order valence-corrected chi connectivity index (χ4v) is 4.11. The topological polar surface area (TPSA) is 81.9 Å². The summed E-state index contributed by atoms with van der Waals surface area (Å²) in [5.41, 5.74) is 3.51. The molecular weight excluding hydrogens is 422 g/mol. The highest BCUT2D eigenvalue weighted by molar-refractivity contribution is 8.00. The van der Waals surface area contributed by atoms with Gasteiger partial charge in [-0.2, -0.15) is 0 Å². The minimum atomic E-state index is -0.423. The van der Waals surface area contributed by atoms with Gasteiger partial charge in [0.15, 0.2) is 11.0 Å². The molecule has 4 aromatic rings. The van der Waals surface area contributed by atoms with Crippen molar-refractivity contribution in [2.75, 3.05) is 12.4 Å². The number of carbonyl (C=O) groups is 1. The second kappa shape index (κ2) is 9.65. The molecule has 8 heteroatoms. The normalized spacial score (nSPS) is 11.7. The Kier molecular flexibility index (Phi) is 6.51. The van der Waals surface area contributed by atoms with Crippen LogP contribution in [0.4, 0.5) is 5.69 Å². The molecule has 1 amide bonds. The maximum Gasteiger partial charge on any atom is 0.237 e. The summed E-state index contributed by atoms with van der Waals surface area (Å²) in [6.07, 6.45) is 3.48. The summed E-state index contributed by atoms with van der Waals surface area (Å²) in [7, 11) is 1.58. The van der Waals surface area contributed by atoms with E-state index >= 15 is 0 Å². The third-order valence-electron chi connectivity index (χ3n) is 4.93. The van der Waals surface area contributed by atoms with Crippen LogP contribution in [0.5, 0.6) is 5.75 Å². The first-order valence-electron chi connectivity index (χ1n) is 10.1. The van der Waals surface area contributed by atoms with Crippen LogP contribution in [0.1, 0.15) is 12.5 Å². The van der Waals surface area contributed by atoms with Crippen molar-refractivity contribution < 1.29 is 9.53 Å². The fourth-order valence-electron chi connectivity index (χ4n) is 3.25. The average Bonchev–Trinajstić information content (AvgIpc) is 3.23. The zero-order chi connectivity index (χ0) is 22.5. The minimum Gasteiger partial charge on any atom is -0.495 e. The van der Waals surface area contributed by atoms with Gasteiger partial charge in [-0.05, 0) is 49.7 Å². The van der Waals surface area contributed by atoms with E-state index in [1.165, 1.54) is 11.8 Å². The second-order valence-corrected chi connectivity index (χ2v) is 8.43. The Bertz CT molecular complexity index is 1230. The number of ether oxygens (including phenoxy) is 1. The number of carbonyl (C=O) groups excluding carboxylic acids is 1. The fraction of sp³-hybridized carbons (Fsp3) is 0.167. The van der Waals surface area contributed by atoms with E-state index in [-0.39, 0.29) is 5.91 Å². The van der Waals surface area contributed by atoms with Gasteiger partial charge >= 0.3 is 0 Å². The van der Waals surface area contributed by atoms with Gasteiger partial charge < -0.3 is 10.1 Å². The molecule has 32 heavy (non-hydrogen) atoms. The number of anilines is 1. The summed E-state index contributed by atoms with van der Waals surface area (Å²) in [6.45, 7) is 3.88. The van der Waals surface area contributed by atoms with Crippen LogP contribution in [0.25, 0.3) is 17.1 Å². The smallest absolute Gasteiger partial charge is 0.237 e. The average molecular weight is 446 g/mol. The summed E-state index contributed by atoms with van der Waals surface area (Å²) in [4.78, 5) is 17.1. The molecular formula is C24H23N5O2S. The predicted octanol–water partition coefficient (Wildman–Crippen LogP) is 4.77. The highest BCUT2D eigenvalue weighted by Crippen LogP contribution is 2.32. The monoisotopic (exact) mass is 445 g/mol. The first-order valence-corrected chi connectivity index (χ1v) is 11.0. The van der Waals surface area contributed by atoms with Crippen molar-refractivity contribution in [3.05, 3.63) is 78.6 Å². The van der Waals surface area contributed by atoms with Gasteiger partial charge in [0.25, 0.3) is 0 Å². The Labute approximate surface area is 190 Å². The number of amides is 1. The van der Waals surface area contributed by atoms with E-state index in [0.29, 0.717) is 22.4 Å². The van der Waals surface area contributed by atoms with Crippen molar-refractivity contribution in [2.45, 2.75) is 24.3 Å². The first kappa shape index (κ1) is 21.6. The van der Waals surface area contributed by atoms with Crippen LogP contribution in [0.2, 0.25) is 0 Å². The van der Waals surface area contributed by atoms with Crippen LogP contribution in [0.3, 0.4) is 0 Å². The second-order valence-electron chi connectivity index (χ2n) is 7.12. The molecule has 1 atom stereocenters. The third kappa shape index (κ3) is 4.50. The number of aryl methyl sites for hydroxylation is 1. The Hall–Kier alpha value is -3.65. The van der Waals surface area contributed by atoms with Gasteiger partial charge in [0.2, 0.25) is 5.91 Å². The molecule has 0 aliphatic carbocycles. The van der Waals surface area contributed by atoms with Gasteiger partial charge in [-0.15, -0.1) is 10.2 Å². The molecule has 0 aliphatic rings. The van der Waals surface area contributed by atoms with Crippen LogP contribution in [-0.4, -0.2) is 38.0 Å². The molecule has 162 valence electrons. The number of nitrogens with one attached hydrogen (secondary N) is 1. The van der Waals surface area contributed by atoms with Crippen molar-refractivity contribution in [1.82, 2.24) is 19.7 Å². The lowest BCUT2D eigenvalue weighted by atomic mass is 10.2. The van der Waals surface area contributed by atoms with Crippen molar-refractivity contribution >= 4 is 23.4 Å². The standard InChI is InChI=1S/C24H23N5O2S/c1-16-9-4-6-12-20(16)29-22(18-10-8-14-25-15-18)27-28-24(29)32-17(2)23(30)26-19-11-5-7-13-21(19)31-3/h4-15,17H,1-3H3,(H,26,30). The van der Waals surface area contributed by atoms with Gasteiger partial charge in [-0.3, -0.25) is 14.3 Å². The summed E-state index contributed by atoms with van der Waals surface area (Å²) in [5.74, 6) is 1.13. The first-order chi connectivity index (χ1) is 15.6. The van der Waals surface area contributed by atoms with E-state index in [4.69, 9.17) is 4.74 Å². The van der Waals surface area contributed by atoms with Crippen LogP contribution in [0, 0.1) is 6.92 Å². The number of benzene rings is 2. The Morgan fingerprint density at radius 1 is 1.06 bits per heavy atom. The number of nitrogens with zero attached hydrogens (tertiary/aromatic N) is 4.